The summed E-state index contributed by atoms with van der Waals surface area (Å²) < 4.78 is 0. The minimum absolute atomic E-state index is 0.362. The molecule has 0 amide bonds. The molecule has 1 aliphatic rings. The van der Waals surface area contributed by atoms with Gasteiger partial charge in [-0.15, -0.1) is 0 Å². The summed E-state index contributed by atoms with van der Waals surface area (Å²) in [6, 6.07) is 3.88. The lowest BCUT2D eigenvalue weighted by Crippen LogP contribution is -2.40. The van der Waals surface area contributed by atoms with E-state index in [1.165, 1.54) is 12.8 Å². The Morgan fingerprint density at radius 3 is 2.88 bits per heavy atom. The van der Waals surface area contributed by atoms with Crippen molar-refractivity contribution in [2.75, 3.05) is 18.0 Å². The van der Waals surface area contributed by atoms with E-state index in [0.29, 0.717) is 5.41 Å². The standard InChI is InChI=1S/C14H22N2O/c1-11(17)12-5-7-15-13(9-12)16-8-4-6-14(2,3)10-16/h5,7,9,11,17H,4,6,8,10H2,1-3H3/t11-/m1/s1. The van der Waals surface area contributed by atoms with Gasteiger partial charge in [-0.3, -0.25) is 0 Å². The molecule has 17 heavy (non-hydrogen) atoms. The molecule has 1 aromatic heterocycles. The maximum Gasteiger partial charge on any atom is 0.128 e. The molecule has 1 fully saturated rings. The summed E-state index contributed by atoms with van der Waals surface area (Å²) in [5, 5.41) is 9.60. The molecule has 1 atom stereocenters. The van der Waals surface area contributed by atoms with Crippen molar-refractivity contribution >= 4 is 5.82 Å². The molecule has 0 saturated carbocycles. The number of piperidine rings is 1. The van der Waals surface area contributed by atoms with Gasteiger partial charge in [0.2, 0.25) is 0 Å². The van der Waals surface area contributed by atoms with Gasteiger partial charge < -0.3 is 10.0 Å². The van der Waals surface area contributed by atoms with Crippen LogP contribution in [0.5, 0.6) is 0 Å². The second kappa shape index (κ2) is 4.65. The van der Waals surface area contributed by atoms with Crippen LogP contribution in [0.2, 0.25) is 0 Å². The summed E-state index contributed by atoms with van der Waals surface area (Å²) in [5.41, 5.74) is 1.30. The molecule has 1 saturated heterocycles. The summed E-state index contributed by atoms with van der Waals surface area (Å²) >= 11 is 0. The minimum Gasteiger partial charge on any atom is -0.389 e. The smallest absolute Gasteiger partial charge is 0.128 e. The molecule has 0 bridgehead atoms. The van der Waals surface area contributed by atoms with Crippen molar-refractivity contribution in [2.24, 2.45) is 5.41 Å². The highest BCUT2D eigenvalue weighted by Crippen LogP contribution is 2.31. The molecular formula is C14H22N2O. The monoisotopic (exact) mass is 234 g/mol. The maximum absolute atomic E-state index is 9.60. The zero-order chi connectivity index (χ0) is 12.5. The zero-order valence-corrected chi connectivity index (χ0v) is 11.0. The van der Waals surface area contributed by atoms with E-state index in [9.17, 15) is 5.11 Å². The van der Waals surface area contributed by atoms with Crippen molar-refractivity contribution in [2.45, 2.75) is 39.7 Å². The fraction of sp³-hybridized carbons (Fsp3) is 0.643. The van der Waals surface area contributed by atoms with Gasteiger partial charge in [0.15, 0.2) is 0 Å². The van der Waals surface area contributed by atoms with E-state index in [4.69, 9.17) is 0 Å². The molecule has 2 heterocycles. The van der Waals surface area contributed by atoms with Crippen LogP contribution in [0.25, 0.3) is 0 Å². The normalized spacial score (nSPS) is 21.3. The van der Waals surface area contributed by atoms with Crippen LogP contribution in [0.15, 0.2) is 18.3 Å². The van der Waals surface area contributed by atoms with E-state index in [1.54, 1.807) is 13.1 Å². The molecule has 0 aliphatic carbocycles. The predicted octanol–water partition coefficient (Wildman–Crippen LogP) is 2.76. The van der Waals surface area contributed by atoms with E-state index in [-0.39, 0.29) is 0 Å². The highest BCUT2D eigenvalue weighted by Gasteiger charge is 2.27. The quantitative estimate of drug-likeness (QED) is 0.854. The van der Waals surface area contributed by atoms with Gasteiger partial charge in [0.25, 0.3) is 0 Å². The van der Waals surface area contributed by atoms with Crippen molar-refractivity contribution in [3.8, 4) is 0 Å². The fourth-order valence-corrected chi connectivity index (χ4v) is 2.49. The van der Waals surface area contributed by atoms with Crippen LogP contribution in [0.1, 0.15) is 45.3 Å². The minimum atomic E-state index is -0.422. The van der Waals surface area contributed by atoms with Crippen LogP contribution < -0.4 is 4.90 Å². The number of nitrogens with zero attached hydrogens (tertiary/aromatic N) is 2. The first-order valence-electron chi connectivity index (χ1n) is 6.37. The van der Waals surface area contributed by atoms with E-state index < -0.39 is 6.10 Å². The van der Waals surface area contributed by atoms with Gasteiger partial charge in [-0.25, -0.2) is 4.98 Å². The number of hydrogen-bond donors (Lipinski definition) is 1. The van der Waals surface area contributed by atoms with Crippen LogP contribution in [0.3, 0.4) is 0 Å². The molecule has 94 valence electrons. The van der Waals surface area contributed by atoms with Gasteiger partial charge in [0.1, 0.15) is 5.82 Å². The van der Waals surface area contributed by atoms with Crippen molar-refractivity contribution in [3.63, 3.8) is 0 Å². The van der Waals surface area contributed by atoms with Crippen molar-refractivity contribution in [3.05, 3.63) is 23.9 Å². The summed E-state index contributed by atoms with van der Waals surface area (Å²) in [6.07, 6.45) is 3.86. The van der Waals surface area contributed by atoms with E-state index in [2.05, 4.69) is 23.7 Å². The van der Waals surface area contributed by atoms with Gasteiger partial charge in [0.05, 0.1) is 6.10 Å². The number of hydrogen-bond acceptors (Lipinski definition) is 3. The average molecular weight is 234 g/mol. The van der Waals surface area contributed by atoms with E-state index in [1.807, 2.05) is 12.1 Å². The van der Waals surface area contributed by atoms with Gasteiger partial charge in [-0.1, -0.05) is 13.8 Å². The third-order valence-electron chi connectivity index (χ3n) is 3.48. The summed E-state index contributed by atoms with van der Waals surface area (Å²) in [4.78, 5) is 6.75. The Bertz CT molecular complexity index is 388. The number of anilines is 1. The topological polar surface area (TPSA) is 36.4 Å². The van der Waals surface area contributed by atoms with Crippen LogP contribution in [0, 0.1) is 5.41 Å². The first-order valence-corrected chi connectivity index (χ1v) is 6.37. The summed E-state index contributed by atoms with van der Waals surface area (Å²) in [6.45, 7) is 8.51. The highest BCUT2D eigenvalue weighted by molar-refractivity contribution is 5.42. The fourth-order valence-electron chi connectivity index (χ4n) is 2.49. The van der Waals surface area contributed by atoms with Gasteiger partial charge in [0, 0.05) is 19.3 Å². The molecule has 1 aromatic rings. The number of pyridine rings is 1. The first-order chi connectivity index (χ1) is 7.98. The summed E-state index contributed by atoms with van der Waals surface area (Å²) in [7, 11) is 0. The number of aliphatic hydroxyl groups excluding tert-OH is 1. The zero-order valence-electron chi connectivity index (χ0n) is 11.0. The Balaban J connectivity index is 2.19. The van der Waals surface area contributed by atoms with E-state index in [0.717, 1.165) is 24.5 Å². The first kappa shape index (κ1) is 12.4. The Morgan fingerprint density at radius 1 is 1.47 bits per heavy atom. The largest absolute Gasteiger partial charge is 0.389 e. The predicted molar refractivity (Wildman–Crippen MR) is 70.1 cm³/mol. The number of aromatic nitrogens is 1. The third kappa shape index (κ3) is 2.97. The van der Waals surface area contributed by atoms with Crippen LogP contribution in [0.4, 0.5) is 5.82 Å². The average Bonchev–Trinajstić information content (AvgIpc) is 2.28. The molecular weight excluding hydrogens is 212 g/mol. The molecule has 2 rings (SSSR count). The second-order valence-corrected chi connectivity index (χ2v) is 5.81. The molecule has 0 aromatic carbocycles. The van der Waals surface area contributed by atoms with Crippen molar-refractivity contribution in [1.82, 2.24) is 4.98 Å². The number of aliphatic hydroxyl groups is 1. The maximum atomic E-state index is 9.60. The molecule has 0 spiro atoms. The van der Waals surface area contributed by atoms with Gasteiger partial charge in [-0.05, 0) is 42.9 Å². The molecule has 0 unspecified atom stereocenters. The Hall–Kier alpha value is -1.09. The lowest BCUT2D eigenvalue weighted by atomic mass is 9.84. The Kier molecular flexibility index (Phi) is 3.38. The summed E-state index contributed by atoms with van der Waals surface area (Å²) in [5.74, 6) is 0.996. The van der Waals surface area contributed by atoms with Gasteiger partial charge in [-0.2, -0.15) is 0 Å². The lowest BCUT2D eigenvalue weighted by Gasteiger charge is -2.38. The van der Waals surface area contributed by atoms with Crippen LogP contribution in [-0.4, -0.2) is 23.2 Å². The lowest BCUT2D eigenvalue weighted by molar-refractivity contribution is 0.199. The van der Waals surface area contributed by atoms with Crippen molar-refractivity contribution in [1.29, 1.82) is 0 Å². The molecule has 1 N–H and O–H groups in total. The SMILES string of the molecule is C[C@@H](O)c1ccnc(N2CCCC(C)(C)C2)c1. The van der Waals surface area contributed by atoms with Crippen LogP contribution >= 0.6 is 0 Å². The molecule has 0 radical (unpaired) electrons. The highest BCUT2D eigenvalue weighted by atomic mass is 16.3. The molecule has 3 heteroatoms. The second-order valence-electron chi connectivity index (χ2n) is 5.81. The van der Waals surface area contributed by atoms with Gasteiger partial charge >= 0.3 is 0 Å². The third-order valence-corrected chi connectivity index (χ3v) is 3.48. The number of rotatable bonds is 2. The van der Waals surface area contributed by atoms with E-state index >= 15 is 0 Å². The van der Waals surface area contributed by atoms with Crippen molar-refractivity contribution < 1.29 is 5.11 Å². The van der Waals surface area contributed by atoms with Crippen LogP contribution in [-0.2, 0) is 0 Å². The molecule has 1 aliphatic heterocycles. The Labute approximate surface area is 103 Å². The Morgan fingerprint density at radius 2 is 2.24 bits per heavy atom. The molecule has 3 nitrogen and oxygen atoms in total.